The quantitative estimate of drug-likeness (QED) is 0.266. The van der Waals surface area contributed by atoms with Gasteiger partial charge in [0.15, 0.2) is 0 Å². The van der Waals surface area contributed by atoms with E-state index in [1.54, 1.807) is 0 Å². The number of nitrogens with two attached hydrogens (primary N) is 1. The number of para-hydroxylation sites is 1. The average Bonchev–Trinajstić information content (AvgIpc) is 2.28. The molecular formula is C10H15ClN2O. The lowest BCUT2D eigenvalue weighted by molar-refractivity contribution is -0.107. The number of halogens is 1. The molecule has 0 saturated carbocycles. The molecule has 1 aromatic rings. The molecule has 0 fully saturated rings. The molecule has 0 unspecified atom stereocenters. The summed E-state index contributed by atoms with van der Waals surface area (Å²) in [6.45, 7) is 0. The zero-order chi connectivity index (χ0) is 10.6. The van der Waals surface area contributed by atoms with E-state index in [0.717, 1.165) is 18.4 Å². The van der Waals surface area contributed by atoms with E-state index in [4.69, 9.17) is 17.4 Å². The van der Waals surface area contributed by atoms with E-state index in [2.05, 4.69) is 5.43 Å². The third kappa shape index (κ3) is 7.58. The molecule has 0 aliphatic rings. The van der Waals surface area contributed by atoms with Gasteiger partial charge in [-0.05, 0) is 18.6 Å². The van der Waals surface area contributed by atoms with E-state index >= 15 is 0 Å². The average molecular weight is 215 g/mol. The Bertz CT molecular complexity index is 229. The maximum absolute atomic E-state index is 9.51. The molecule has 0 spiro atoms. The lowest BCUT2D eigenvalue weighted by atomic mass is 10.3. The molecule has 14 heavy (non-hydrogen) atoms. The summed E-state index contributed by atoms with van der Waals surface area (Å²) in [6.07, 6.45) is 2.29. The molecule has 0 saturated heterocycles. The lowest BCUT2D eigenvalue weighted by Gasteiger charge is -1.94. The summed E-state index contributed by atoms with van der Waals surface area (Å²) in [7, 11) is 0. The highest BCUT2D eigenvalue weighted by atomic mass is 35.5. The molecule has 0 aromatic heterocycles. The number of hydrogen-bond acceptors (Lipinski definition) is 3. The Kier molecular flexibility index (Phi) is 9.26. The van der Waals surface area contributed by atoms with Gasteiger partial charge in [0.25, 0.3) is 0 Å². The number of hydrogen-bond donors (Lipinski definition) is 2. The molecule has 4 heteroatoms. The van der Waals surface area contributed by atoms with Crippen molar-refractivity contribution in [1.29, 1.82) is 0 Å². The van der Waals surface area contributed by atoms with Gasteiger partial charge in [-0.2, -0.15) is 0 Å². The Balaban J connectivity index is 0.000000255. The number of carbonyl (C=O) groups is 1. The van der Waals surface area contributed by atoms with Crippen molar-refractivity contribution in [3.05, 3.63) is 30.3 Å². The fourth-order valence-corrected chi connectivity index (χ4v) is 0.849. The fraction of sp³-hybridized carbons (Fsp3) is 0.300. The molecule has 1 rings (SSSR count). The van der Waals surface area contributed by atoms with Gasteiger partial charge in [-0.15, -0.1) is 11.6 Å². The Hall–Kier alpha value is -1.06. The molecule has 1 aromatic carbocycles. The number of hydrazine groups is 1. The molecule has 0 aliphatic heterocycles. The van der Waals surface area contributed by atoms with Crippen molar-refractivity contribution in [3.8, 4) is 0 Å². The largest absolute Gasteiger partial charge is 0.324 e. The molecule has 3 nitrogen and oxygen atoms in total. The van der Waals surface area contributed by atoms with Gasteiger partial charge >= 0.3 is 0 Å². The number of rotatable bonds is 4. The van der Waals surface area contributed by atoms with Crippen LogP contribution in [-0.2, 0) is 4.79 Å². The number of nitrogen functional groups attached to an aromatic ring is 1. The normalized spacial score (nSPS) is 8.43. The first-order chi connectivity index (χ1) is 6.85. The predicted molar refractivity (Wildman–Crippen MR) is 60.3 cm³/mol. The highest BCUT2D eigenvalue weighted by Crippen LogP contribution is 2.00. The van der Waals surface area contributed by atoms with E-state index in [9.17, 15) is 4.79 Å². The SMILES string of the molecule is NNc1ccccc1.O=CCCCCl. The van der Waals surface area contributed by atoms with E-state index in [-0.39, 0.29) is 0 Å². The maximum Gasteiger partial charge on any atom is 0.120 e. The van der Waals surface area contributed by atoms with E-state index in [1.807, 2.05) is 30.3 Å². The molecular weight excluding hydrogens is 200 g/mol. The van der Waals surface area contributed by atoms with Gasteiger partial charge in [-0.25, -0.2) is 0 Å². The maximum atomic E-state index is 9.51. The standard InChI is InChI=1S/C6H8N2.C4H7ClO/c7-8-6-4-2-1-3-5-6;5-3-1-2-4-6/h1-5,8H,7H2;4H,1-3H2. The van der Waals surface area contributed by atoms with Crippen molar-refractivity contribution >= 4 is 23.6 Å². The summed E-state index contributed by atoms with van der Waals surface area (Å²) in [5, 5.41) is 0. The van der Waals surface area contributed by atoms with E-state index in [0.29, 0.717) is 12.3 Å². The second-order valence-electron chi connectivity index (χ2n) is 2.51. The number of alkyl halides is 1. The molecule has 0 bridgehead atoms. The van der Waals surface area contributed by atoms with Crippen LogP contribution in [0.15, 0.2) is 30.3 Å². The van der Waals surface area contributed by atoms with Crippen LogP contribution in [-0.4, -0.2) is 12.2 Å². The summed E-state index contributed by atoms with van der Waals surface area (Å²) in [4.78, 5) is 9.51. The topological polar surface area (TPSA) is 55.1 Å². The number of aldehydes is 1. The van der Waals surface area contributed by atoms with E-state index < -0.39 is 0 Å². The van der Waals surface area contributed by atoms with Gasteiger partial charge in [0.1, 0.15) is 6.29 Å². The monoisotopic (exact) mass is 214 g/mol. The molecule has 0 heterocycles. The molecule has 0 amide bonds. The van der Waals surface area contributed by atoms with Crippen molar-refractivity contribution in [2.45, 2.75) is 12.8 Å². The second kappa shape index (κ2) is 10.0. The summed E-state index contributed by atoms with van der Waals surface area (Å²) >= 11 is 5.22. The number of benzene rings is 1. The van der Waals surface area contributed by atoms with Crippen molar-refractivity contribution in [2.75, 3.05) is 11.3 Å². The first-order valence-corrected chi connectivity index (χ1v) is 4.90. The summed E-state index contributed by atoms with van der Waals surface area (Å²) < 4.78 is 0. The molecule has 0 radical (unpaired) electrons. The first-order valence-electron chi connectivity index (χ1n) is 4.36. The first kappa shape index (κ1) is 12.9. The van der Waals surface area contributed by atoms with Gasteiger partial charge < -0.3 is 10.2 Å². The van der Waals surface area contributed by atoms with Crippen molar-refractivity contribution < 1.29 is 4.79 Å². The number of nitrogens with one attached hydrogen (secondary N) is 1. The number of anilines is 1. The number of unbranched alkanes of at least 4 members (excludes halogenated alkanes) is 1. The van der Waals surface area contributed by atoms with Crippen LogP contribution in [0.25, 0.3) is 0 Å². The molecule has 0 atom stereocenters. The van der Waals surface area contributed by atoms with Crippen molar-refractivity contribution in [3.63, 3.8) is 0 Å². The van der Waals surface area contributed by atoms with Gasteiger partial charge in [0, 0.05) is 18.0 Å². The zero-order valence-electron chi connectivity index (χ0n) is 7.95. The van der Waals surface area contributed by atoms with Crippen LogP contribution >= 0.6 is 11.6 Å². The van der Waals surface area contributed by atoms with Crippen molar-refractivity contribution in [1.82, 2.24) is 0 Å². The van der Waals surface area contributed by atoms with Gasteiger partial charge in [0.05, 0.1) is 0 Å². The highest BCUT2D eigenvalue weighted by molar-refractivity contribution is 6.17. The fourth-order valence-electron chi connectivity index (χ4n) is 0.695. The third-order valence-corrected chi connectivity index (χ3v) is 1.66. The van der Waals surface area contributed by atoms with Gasteiger partial charge in [0.2, 0.25) is 0 Å². The zero-order valence-corrected chi connectivity index (χ0v) is 8.70. The van der Waals surface area contributed by atoms with Gasteiger partial charge in [-0.1, -0.05) is 18.2 Å². The minimum Gasteiger partial charge on any atom is -0.324 e. The lowest BCUT2D eigenvalue weighted by Crippen LogP contribution is -2.05. The summed E-state index contributed by atoms with van der Waals surface area (Å²) in [5.41, 5.74) is 3.46. The van der Waals surface area contributed by atoms with Crippen LogP contribution in [0.5, 0.6) is 0 Å². The Morgan fingerprint density at radius 3 is 2.29 bits per heavy atom. The van der Waals surface area contributed by atoms with Crippen LogP contribution in [0.2, 0.25) is 0 Å². The van der Waals surface area contributed by atoms with E-state index in [1.165, 1.54) is 0 Å². The second-order valence-corrected chi connectivity index (χ2v) is 2.89. The summed E-state index contributed by atoms with van der Waals surface area (Å²) in [5.74, 6) is 5.70. The predicted octanol–water partition coefficient (Wildman–Crippen LogP) is 2.18. The highest BCUT2D eigenvalue weighted by Gasteiger charge is 1.78. The minimum atomic E-state index is 0.596. The van der Waals surface area contributed by atoms with Crippen LogP contribution < -0.4 is 11.3 Å². The Labute approximate surface area is 89.2 Å². The van der Waals surface area contributed by atoms with Crippen LogP contribution in [0, 0.1) is 0 Å². The number of carbonyl (C=O) groups excluding carboxylic acids is 1. The van der Waals surface area contributed by atoms with Crippen molar-refractivity contribution in [2.24, 2.45) is 5.84 Å². The van der Waals surface area contributed by atoms with Crippen LogP contribution in [0.4, 0.5) is 5.69 Å². The molecule has 0 aliphatic carbocycles. The smallest absolute Gasteiger partial charge is 0.120 e. The third-order valence-electron chi connectivity index (χ3n) is 1.40. The Morgan fingerprint density at radius 1 is 1.36 bits per heavy atom. The molecule has 3 N–H and O–H groups in total. The van der Waals surface area contributed by atoms with Crippen LogP contribution in [0.1, 0.15) is 12.8 Å². The molecule has 78 valence electrons. The van der Waals surface area contributed by atoms with Gasteiger partial charge in [-0.3, -0.25) is 5.84 Å². The Morgan fingerprint density at radius 2 is 2.00 bits per heavy atom. The summed E-state index contributed by atoms with van der Waals surface area (Å²) in [6, 6.07) is 9.60. The van der Waals surface area contributed by atoms with Crippen LogP contribution in [0.3, 0.4) is 0 Å². The minimum absolute atomic E-state index is 0.596.